The van der Waals surface area contributed by atoms with Crippen molar-refractivity contribution in [2.24, 2.45) is 0 Å². The normalized spacial score (nSPS) is 21.0. The molecule has 2 aliphatic rings. The average Bonchev–Trinajstić information content (AvgIpc) is 2.47. The lowest BCUT2D eigenvalue weighted by Crippen LogP contribution is -2.47. The Labute approximate surface area is 120 Å². The van der Waals surface area contributed by atoms with Crippen LogP contribution in [0.25, 0.3) is 0 Å². The molecule has 1 N–H and O–H groups in total. The van der Waals surface area contributed by atoms with Crippen LogP contribution in [0.5, 0.6) is 0 Å². The summed E-state index contributed by atoms with van der Waals surface area (Å²) in [5.41, 5.74) is 2.48. The van der Waals surface area contributed by atoms with Gasteiger partial charge in [0.2, 0.25) is 0 Å². The number of β-amino-alcohol motifs (C(OH)–C–C–N with tert-alkyl or cyclic N) is 1. The van der Waals surface area contributed by atoms with E-state index in [4.69, 9.17) is 5.11 Å². The van der Waals surface area contributed by atoms with E-state index < -0.39 is 0 Å². The second-order valence-electron chi connectivity index (χ2n) is 5.71. The standard InChI is InChI=1S/C14H23N5O/c1-17-3-2-13-12(11-17)10-14(16-15-13)19-6-4-18(5-7-19)8-9-20/h10,20H,2-9,11H2,1H3. The first kappa shape index (κ1) is 13.7. The van der Waals surface area contributed by atoms with Gasteiger partial charge in [-0.1, -0.05) is 0 Å². The van der Waals surface area contributed by atoms with E-state index in [1.165, 1.54) is 5.56 Å². The van der Waals surface area contributed by atoms with E-state index in [0.717, 1.165) is 63.7 Å². The average molecular weight is 277 g/mol. The number of hydrogen-bond acceptors (Lipinski definition) is 6. The molecule has 3 heterocycles. The van der Waals surface area contributed by atoms with Gasteiger partial charge in [0, 0.05) is 52.2 Å². The van der Waals surface area contributed by atoms with Gasteiger partial charge in [0.15, 0.2) is 5.82 Å². The Balaban J connectivity index is 1.68. The first-order chi connectivity index (χ1) is 9.76. The quantitative estimate of drug-likeness (QED) is 0.810. The lowest BCUT2D eigenvalue weighted by molar-refractivity contribution is 0.188. The molecule has 1 aromatic heterocycles. The van der Waals surface area contributed by atoms with Crippen LogP contribution in [0.2, 0.25) is 0 Å². The number of hydrogen-bond donors (Lipinski definition) is 1. The summed E-state index contributed by atoms with van der Waals surface area (Å²) in [6.45, 7) is 6.95. The third kappa shape index (κ3) is 2.92. The first-order valence-corrected chi connectivity index (χ1v) is 7.38. The summed E-state index contributed by atoms with van der Waals surface area (Å²) in [7, 11) is 2.15. The highest BCUT2D eigenvalue weighted by Gasteiger charge is 2.21. The minimum atomic E-state index is 0.241. The molecule has 0 aromatic carbocycles. The van der Waals surface area contributed by atoms with Crippen LogP contribution in [-0.4, -0.2) is 78.0 Å². The molecule has 110 valence electrons. The molecule has 0 saturated carbocycles. The maximum atomic E-state index is 8.98. The van der Waals surface area contributed by atoms with E-state index in [-0.39, 0.29) is 6.61 Å². The van der Waals surface area contributed by atoms with E-state index >= 15 is 0 Å². The van der Waals surface area contributed by atoms with Crippen molar-refractivity contribution in [3.63, 3.8) is 0 Å². The van der Waals surface area contributed by atoms with Crippen LogP contribution >= 0.6 is 0 Å². The maximum Gasteiger partial charge on any atom is 0.151 e. The van der Waals surface area contributed by atoms with E-state index in [9.17, 15) is 0 Å². The zero-order valence-electron chi connectivity index (χ0n) is 12.1. The number of aliphatic hydroxyl groups is 1. The molecule has 1 fully saturated rings. The van der Waals surface area contributed by atoms with Crippen LogP contribution in [-0.2, 0) is 13.0 Å². The number of likely N-dealkylation sites (N-methyl/N-ethyl adjacent to an activating group) is 1. The predicted octanol–water partition coefficient (Wildman–Crippen LogP) is -0.421. The second-order valence-corrected chi connectivity index (χ2v) is 5.71. The van der Waals surface area contributed by atoms with Crippen molar-refractivity contribution in [2.75, 3.05) is 57.8 Å². The monoisotopic (exact) mass is 277 g/mol. The van der Waals surface area contributed by atoms with Crippen LogP contribution < -0.4 is 4.90 Å². The number of rotatable bonds is 3. The van der Waals surface area contributed by atoms with Gasteiger partial charge in [-0.15, -0.1) is 5.10 Å². The summed E-state index contributed by atoms with van der Waals surface area (Å²) in [4.78, 5) is 6.92. The second kappa shape index (κ2) is 6.03. The molecule has 0 radical (unpaired) electrons. The molecule has 6 nitrogen and oxygen atoms in total. The number of anilines is 1. The summed E-state index contributed by atoms with van der Waals surface area (Å²) in [5.74, 6) is 1.00. The Bertz CT molecular complexity index is 459. The summed E-state index contributed by atoms with van der Waals surface area (Å²) in [5, 5.41) is 17.8. The Morgan fingerprint density at radius 2 is 1.95 bits per heavy atom. The summed E-state index contributed by atoms with van der Waals surface area (Å²) < 4.78 is 0. The fourth-order valence-electron chi connectivity index (χ4n) is 2.95. The van der Waals surface area contributed by atoms with Crippen molar-refractivity contribution in [2.45, 2.75) is 13.0 Å². The zero-order valence-corrected chi connectivity index (χ0v) is 12.1. The molecule has 0 spiro atoms. The van der Waals surface area contributed by atoms with Gasteiger partial charge in [-0.25, -0.2) is 0 Å². The number of piperazine rings is 1. The highest BCUT2D eigenvalue weighted by molar-refractivity contribution is 5.42. The minimum absolute atomic E-state index is 0.241. The summed E-state index contributed by atoms with van der Waals surface area (Å²) in [6, 6.07) is 2.21. The zero-order chi connectivity index (χ0) is 13.9. The molecule has 0 bridgehead atoms. The van der Waals surface area contributed by atoms with Crippen molar-refractivity contribution in [3.05, 3.63) is 17.3 Å². The molecule has 1 aromatic rings. The van der Waals surface area contributed by atoms with Gasteiger partial charge >= 0.3 is 0 Å². The molecule has 2 aliphatic heterocycles. The molecule has 0 aliphatic carbocycles. The van der Waals surface area contributed by atoms with Gasteiger partial charge in [-0.05, 0) is 18.7 Å². The molecular weight excluding hydrogens is 254 g/mol. The lowest BCUT2D eigenvalue weighted by atomic mass is 10.1. The number of fused-ring (bicyclic) bond motifs is 1. The van der Waals surface area contributed by atoms with E-state index in [1.807, 2.05) is 0 Å². The van der Waals surface area contributed by atoms with Crippen molar-refractivity contribution >= 4 is 5.82 Å². The van der Waals surface area contributed by atoms with E-state index in [1.54, 1.807) is 0 Å². The van der Waals surface area contributed by atoms with Crippen molar-refractivity contribution in [1.82, 2.24) is 20.0 Å². The Hall–Kier alpha value is -1.24. The number of nitrogens with zero attached hydrogens (tertiary/aromatic N) is 5. The van der Waals surface area contributed by atoms with Gasteiger partial charge in [0.1, 0.15) is 0 Å². The van der Waals surface area contributed by atoms with Crippen LogP contribution in [0.4, 0.5) is 5.82 Å². The molecule has 0 unspecified atom stereocenters. The smallest absolute Gasteiger partial charge is 0.151 e. The minimum Gasteiger partial charge on any atom is -0.395 e. The highest BCUT2D eigenvalue weighted by Crippen LogP contribution is 2.20. The predicted molar refractivity (Wildman–Crippen MR) is 77.8 cm³/mol. The van der Waals surface area contributed by atoms with Crippen LogP contribution in [0, 0.1) is 0 Å². The molecule has 3 rings (SSSR count). The largest absolute Gasteiger partial charge is 0.395 e. The highest BCUT2D eigenvalue weighted by atomic mass is 16.3. The van der Waals surface area contributed by atoms with Gasteiger partial charge in [-0.2, -0.15) is 5.10 Å². The molecule has 0 amide bonds. The molecule has 20 heavy (non-hydrogen) atoms. The first-order valence-electron chi connectivity index (χ1n) is 7.38. The van der Waals surface area contributed by atoms with E-state index in [0.29, 0.717) is 0 Å². The maximum absolute atomic E-state index is 8.98. The molecule has 6 heteroatoms. The fraction of sp³-hybridized carbons (Fsp3) is 0.714. The van der Waals surface area contributed by atoms with Gasteiger partial charge in [0.05, 0.1) is 12.3 Å². The lowest BCUT2D eigenvalue weighted by Gasteiger charge is -2.35. The van der Waals surface area contributed by atoms with Crippen LogP contribution in [0.1, 0.15) is 11.3 Å². The third-order valence-electron chi connectivity index (χ3n) is 4.23. The topological polar surface area (TPSA) is 55.7 Å². The van der Waals surface area contributed by atoms with Gasteiger partial charge in [-0.3, -0.25) is 4.90 Å². The summed E-state index contributed by atoms with van der Waals surface area (Å²) >= 11 is 0. The number of aliphatic hydroxyl groups excluding tert-OH is 1. The van der Waals surface area contributed by atoms with Gasteiger partial charge in [0.25, 0.3) is 0 Å². The van der Waals surface area contributed by atoms with Crippen molar-refractivity contribution in [3.8, 4) is 0 Å². The Morgan fingerprint density at radius 1 is 1.15 bits per heavy atom. The van der Waals surface area contributed by atoms with Gasteiger partial charge < -0.3 is 14.9 Å². The number of aromatic nitrogens is 2. The van der Waals surface area contributed by atoms with Crippen molar-refractivity contribution in [1.29, 1.82) is 0 Å². The third-order valence-corrected chi connectivity index (χ3v) is 4.23. The summed E-state index contributed by atoms with van der Waals surface area (Å²) in [6.07, 6.45) is 1.00. The van der Waals surface area contributed by atoms with Crippen molar-refractivity contribution < 1.29 is 5.11 Å². The Morgan fingerprint density at radius 3 is 2.70 bits per heavy atom. The van der Waals surface area contributed by atoms with Crippen LogP contribution in [0.15, 0.2) is 6.07 Å². The molecule has 1 saturated heterocycles. The van der Waals surface area contributed by atoms with Crippen LogP contribution in [0.3, 0.4) is 0 Å². The SMILES string of the molecule is CN1CCc2nnc(N3CCN(CCO)CC3)cc2C1. The fourth-order valence-corrected chi connectivity index (χ4v) is 2.95. The van der Waals surface area contributed by atoms with E-state index in [2.05, 4.69) is 38.0 Å². The Kier molecular flexibility index (Phi) is 4.14. The molecule has 0 atom stereocenters. The molecular formula is C14H23N5O.